The highest BCUT2D eigenvalue weighted by Gasteiger charge is 2.16. The fourth-order valence-corrected chi connectivity index (χ4v) is 2.24. The van der Waals surface area contributed by atoms with E-state index in [9.17, 15) is 4.79 Å². The topological polar surface area (TPSA) is 37.3 Å². The second kappa shape index (κ2) is 6.74. The molecule has 0 aliphatic carbocycles. The molecule has 1 aromatic carbocycles. The molecule has 0 fully saturated rings. The normalized spacial score (nSPS) is 12.6. The van der Waals surface area contributed by atoms with Crippen LogP contribution < -0.4 is 0 Å². The molecule has 0 heterocycles. The summed E-state index contributed by atoms with van der Waals surface area (Å²) in [4.78, 5) is 11.1. The first-order valence-electron chi connectivity index (χ1n) is 7.30. The van der Waals surface area contributed by atoms with Crippen molar-refractivity contribution in [1.82, 2.24) is 0 Å². The van der Waals surface area contributed by atoms with E-state index in [0.29, 0.717) is 0 Å². The predicted molar refractivity (Wildman–Crippen MR) is 85.0 cm³/mol. The lowest BCUT2D eigenvalue weighted by Crippen LogP contribution is -2.11. The van der Waals surface area contributed by atoms with Crippen LogP contribution in [0.5, 0.6) is 0 Å². The van der Waals surface area contributed by atoms with E-state index in [4.69, 9.17) is 5.11 Å². The Labute approximate surface area is 122 Å². The van der Waals surface area contributed by atoms with Crippen LogP contribution in [0.2, 0.25) is 0 Å². The second-order valence-corrected chi connectivity index (χ2v) is 6.39. The van der Waals surface area contributed by atoms with Gasteiger partial charge in [0.1, 0.15) is 0 Å². The van der Waals surface area contributed by atoms with Gasteiger partial charge in [-0.2, -0.15) is 0 Å². The molecule has 110 valence electrons. The lowest BCUT2D eigenvalue weighted by molar-refractivity contribution is -0.131. The van der Waals surface area contributed by atoms with Gasteiger partial charge in [-0.05, 0) is 47.4 Å². The zero-order valence-corrected chi connectivity index (χ0v) is 13.3. The van der Waals surface area contributed by atoms with Crippen LogP contribution in [0.25, 0.3) is 5.57 Å². The van der Waals surface area contributed by atoms with Gasteiger partial charge >= 0.3 is 5.97 Å². The number of rotatable bonds is 5. The summed E-state index contributed by atoms with van der Waals surface area (Å²) in [7, 11) is 0. The summed E-state index contributed by atoms with van der Waals surface area (Å²) in [6.45, 7) is 10.7. The molecular formula is C18H26O2. The molecule has 0 saturated carbocycles. The van der Waals surface area contributed by atoms with Crippen LogP contribution in [-0.4, -0.2) is 11.1 Å². The van der Waals surface area contributed by atoms with Gasteiger partial charge in [0.15, 0.2) is 0 Å². The molecule has 0 amide bonds. The van der Waals surface area contributed by atoms with Crippen LogP contribution in [0.3, 0.4) is 0 Å². The molecule has 2 nitrogen and oxygen atoms in total. The van der Waals surface area contributed by atoms with Crippen LogP contribution in [0.1, 0.15) is 63.6 Å². The standard InChI is InChI=1S/C18H26O2/c1-6-7-8-14(11-17(19)20)16-12-15(18(3,4)5)10-9-13(16)2/h9-12H,6-8H2,1-5H3,(H,19,20). The van der Waals surface area contributed by atoms with E-state index in [1.54, 1.807) is 0 Å². The number of carboxylic acid groups (broad SMARTS) is 1. The van der Waals surface area contributed by atoms with E-state index >= 15 is 0 Å². The molecule has 0 aliphatic rings. The maximum Gasteiger partial charge on any atom is 0.328 e. The van der Waals surface area contributed by atoms with Crippen molar-refractivity contribution in [3.8, 4) is 0 Å². The summed E-state index contributed by atoms with van der Waals surface area (Å²) in [6, 6.07) is 6.38. The fraction of sp³-hybridized carbons (Fsp3) is 0.500. The number of hydrogen-bond donors (Lipinski definition) is 1. The zero-order valence-electron chi connectivity index (χ0n) is 13.3. The summed E-state index contributed by atoms with van der Waals surface area (Å²) in [5.74, 6) is -0.864. The van der Waals surface area contributed by atoms with Gasteiger partial charge < -0.3 is 5.11 Å². The van der Waals surface area contributed by atoms with Gasteiger partial charge in [-0.1, -0.05) is 52.3 Å². The largest absolute Gasteiger partial charge is 0.478 e. The summed E-state index contributed by atoms with van der Waals surface area (Å²) in [5.41, 5.74) is 4.46. The van der Waals surface area contributed by atoms with Gasteiger partial charge in [-0.25, -0.2) is 4.79 Å². The first-order valence-corrected chi connectivity index (χ1v) is 7.30. The number of carboxylic acids is 1. The monoisotopic (exact) mass is 274 g/mol. The zero-order chi connectivity index (χ0) is 15.3. The van der Waals surface area contributed by atoms with Crippen molar-refractivity contribution >= 4 is 11.5 Å². The third-order valence-electron chi connectivity index (χ3n) is 3.55. The van der Waals surface area contributed by atoms with Crippen molar-refractivity contribution in [3.63, 3.8) is 0 Å². The van der Waals surface area contributed by atoms with E-state index in [1.165, 1.54) is 11.6 Å². The van der Waals surface area contributed by atoms with E-state index in [0.717, 1.165) is 36.0 Å². The van der Waals surface area contributed by atoms with E-state index in [2.05, 4.69) is 45.9 Å². The number of allylic oxidation sites excluding steroid dienone is 1. The third kappa shape index (κ3) is 4.52. The first kappa shape index (κ1) is 16.5. The lowest BCUT2D eigenvalue weighted by atomic mass is 9.83. The molecule has 1 aromatic rings. The van der Waals surface area contributed by atoms with Crippen LogP contribution in [0.15, 0.2) is 24.3 Å². The summed E-state index contributed by atoms with van der Waals surface area (Å²) in [5, 5.41) is 9.09. The number of aryl methyl sites for hydroxylation is 1. The van der Waals surface area contributed by atoms with E-state index in [-0.39, 0.29) is 5.41 Å². The van der Waals surface area contributed by atoms with Gasteiger partial charge in [0.05, 0.1) is 0 Å². The lowest BCUT2D eigenvalue weighted by Gasteiger charge is -2.21. The Morgan fingerprint density at radius 1 is 1.30 bits per heavy atom. The van der Waals surface area contributed by atoms with Gasteiger partial charge in [-0.15, -0.1) is 0 Å². The van der Waals surface area contributed by atoms with E-state index < -0.39 is 5.97 Å². The Morgan fingerprint density at radius 3 is 2.45 bits per heavy atom. The molecule has 20 heavy (non-hydrogen) atoms. The maximum atomic E-state index is 11.1. The summed E-state index contributed by atoms with van der Waals surface area (Å²) in [6.07, 6.45) is 4.26. The minimum Gasteiger partial charge on any atom is -0.478 e. The van der Waals surface area contributed by atoms with Crippen molar-refractivity contribution in [2.45, 2.75) is 59.3 Å². The van der Waals surface area contributed by atoms with Crippen LogP contribution in [0, 0.1) is 6.92 Å². The van der Waals surface area contributed by atoms with Gasteiger partial charge in [0.2, 0.25) is 0 Å². The smallest absolute Gasteiger partial charge is 0.328 e. The molecule has 2 heteroatoms. The number of aliphatic carboxylic acids is 1. The minimum atomic E-state index is -0.864. The third-order valence-corrected chi connectivity index (χ3v) is 3.55. The van der Waals surface area contributed by atoms with Gasteiger partial charge in [0, 0.05) is 6.08 Å². The molecule has 0 atom stereocenters. The summed E-state index contributed by atoms with van der Waals surface area (Å²) < 4.78 is 0. The van der Waals surface area contributed by atoms with Crippen LogP contribution in [-0.2, 0) is 10.2 Å². The Kier molecular flexibility index (Phi) is 5.55. The number of unbranched alkanes of at least 4 members (excludes halogenated alkanes) is 1. The second-order valence-electron chi connectivity index (χ2n) is 6.39. The van der Waals surface area contributed by atoms with E-state index in [1.807, 2.05) is 6.92 Å². The van der Waals surface area contributed by atoms with Crippen molar-refractivity contribution in [3.05, 3.63) is 41.0 Å². The minimum absolute atomic E-state index is 0.0710. The fourth-order valence-electron chi connectivity index (χ4n) is 2.24. The van der Waals surface area contributed by atoms with Gasteiger partial charge in [-0.3, -0.25) is 0 Å². The average Bonchev–Trinajstić information content (AvgIpc) is 2.33. The number of carbonyl (C=O) groups is 1. The molecule has 0 saturated heterocycles. The van der Waals surface area contributed by atoms with Crippen molar-refractivity contribution in [2.24, 2.45) is 0 Å². The Morgan fingerprint density at radius 2 is 1.95 bits per heavy atom. The molecule has 0 bridgehead atoms. The highest BCUT2D eigenvalue weighted by molar-refractivity contribution is 5.90. The Hall–Kier alpha value is -1.57. The average molecular weight is 274 g/mol. The van der Waals surface area contributed by atoms with Crippen molar-refractivity contribution in [1.29, 1.82) is 0 Å². The molecule has 1 N–H and O–H groups in total. The molecule has 0 aromatic heterocycles. The predicted octanol–water partition coefficient (Wildman–Crippen LogP) is 4.95. The Balaban J connectivity index is 3.28. The molecular weight excluding hydrogens is 248 g/mol. The van der Waals surface area contributed by atoms with Crippen LogP contribution >= 0.6 is 0 Å². The molecule has 0 aliphatic heterocycles. The maximum absolute atomic E-state index is 11.1. The first-order chi connectivity index (χ1) is 9.25. The molecule has 0 spiro atoms. The SMILES string of the molecule is CCCCC(=CC(=O)O)c1cc(C(C)(C)C)ccc1C. The summed E-state index contributed by atoms with van der Waals surface area (Å²) >= 11 is 0. The number of hydrogen-bond acceptors (Lipinski definition) is 1. The quantitative estimate of drug-likeness (QED) is 0.771. The van der Waals surface area contributed by atoms with Crippen LogP contribution in [0.4, 0.5) is 0 Å². The molecule has 0 unspecified atom stereocenters. The number of benzene rings is 1. The van der Waals surface area contributed by atoms with Crippen molar-refractivity contribution < 1.29 is 9.90 Å². The highest BCUT2D eigenvalue weighted by atomic mass is 16.4. The highest BCUT2D eigenvalue weighted by Crippen LogP contribution is 2.30. The molecule has 1 rings (SSSR count). The van der Waals surface area contributed by atoms with Gasteiger partial charge in [0.25, 0.3) is 0 Å². The van der Waals surface area contributed by atoms with Crippen molar-refractivity contribution in [2.75, 3.05) is 0 Å². The Bertz CT molecular complexity index is 505. The molecule has 0 radical (unpaired) electrons.